The average Bonchev–Trinajstić information content (AvgIpc) is 2.66. The van der Waals surface area contributed by atoms with Crippen LogP contribution in [-0.2, 0) is 6.42 Å². The number of phenols is 1. The number of anilines is 2. The van der Waals surface area contributed by atoms with E-state index in [9.17, 15) is 5.11 Å². The molecule has 0 aliphatic rings. The van der Waals surface area contributed by atoms with E-state index in [1.54, 1.807) is 6.07 Å². The zero-order valence-electron chi connectivity index (χ0n) is 16.3. The summed E-state index contributed by atoms with van der Waals surface area (Å²) in [6.07, 6.45) is 14.5. The Balaban J connectivity index is 1.69. The van der Waals surface area contributed by atoms with Crippen LogP contribution in [0.5, 0.6) is 5.75 Å². The van der Waals surface area contributed by atoms with Gasteiger partial charge >= 0.3 is 0 Å². The molecule has 0 aliphatic heterocycles. The molecule has 26 heavy (non-hydrogen) atoms. The Hall–Kier alpha value is -1.96. The molecule has 2 aromatic carbocycles. The lowest BCUT2D eigenvalue weighted by atomic mass is 10.0. The molecular formula is C24H35NO. The highest BCUT2D eigenvalue weighted by Gasteiger charge is 2.05. The number of aryl methyl sites for hydroxylation is 1. The van der Waals surface area contributed by atoms with Crippen molar-refractivity contribution in [2.75, 3.05) is 5.32 Å². The van der Waals surface area contributed by atoms with Gasteiger partial charge < -0.3 is 10.4 Å². The first-order chi connectivity index (χ1) is 12.8. The Kier molecular flexibility index (Phi) is 9.71. The highest BCUT2D eigenvalue weighted by atomic mass is 16.3. The summed E-state index contributed by atoms with van der Waals surface area (Å²) >= 11 is 0. The predicted molar refractivity (Wildman–Crippen MR) is 113 cm³/mol. The first kappa shape index (κ1) is 20.4. The molecule has 0 amide bonds. The summed E-state index contributed by atoms with van der Waals surface area (Å²) in [5.41, 5.74) is 3.39. The summed E-state index contributed by atoms with van der Waals surface area (Å²) in [7, 11) is 0. The molecule has 2 rings (SSSR count). The average molecular weight is 354 g/mol. The van der Waals surface area contributed by atoms with E-state index in [1.165, 1.54) is 69.8 Å². The van der Waals surface area contributed by atoms with Crippen LogP contribution in [0.2, 0.25) is 0 Å². The SMILES string of the molecule is CCCCCCCCCCCCc1cc(O)ccc1Nc1ccccc1. The van der Waals surface area contributed by atoms with Crippen molar-refractivity contribution in [3.63, 3.8) is 0 Å². The minimum absolute atomic E-state index is 0.352. The minimum Gasteiger partial charge on any atom is -0.508 e. The highest BCUT2D eigenvalue weighted by Crippen LogP contribution is 2.26. The van der Waals surface area contributed by atoms with E-state index in [-0.39, 0.29) is 0 Å². The van der Waals surface area contributed by atoms with Gasteiger partial charge in [-0.1, -0.05) is 82.9 Å². The van der Waals surface area contributed by atoms with Gasteiger partial charge in [-0.2, -0.15) is 0 Å². The molecule has 142 valence electrons. The topological polar surface area (TPSA) is 32.3 Å². The van der Waals surface area contributed by atoms with Crippen molar-refractivity contribution in [3.8, 4) is 5.75 Å². The van der Waals surface area contributed by atoms with Gasteiger partial charge in [-0.15, -0.1) is 0 Å². The van der Waals surface area contributed by atoms with Crippen LogP contribution in [-0.4, -0.2) is 5.11 Å². The molecule has 0 spiro atoms. The first-order valence-corrected chi connectivity index (χ1v) is 10.4. The molecule has 0 atom stereocenters. The molecule has 2 nitrogen and oxygen atoms in total. The summed E-state index contributed by atoms with van der Waals surface area (Å²) in [5, 5.41) is 13.3. The van der Waals surface area contributed by atoms with Gasteiger partial charge in [-0.3, -0.25) is 0 Å². The van der Waals surface area contributed by atoms with Gasteiger partial charge in [-0.25, -0.2) is 0 Å². The third-order valence-electron chi connectivity index (χ3n) is 4.94. The Bertz CT molecular complexity index is 609. The van der Waals surface area contributed by atoms with Gasteiger partial charge in [0, 0.05) is 11.4 Å². The van der Waals surface area contributed by atoms with Crippen LogP contribution in [0.15, 0.2) is 48.5 Å². The van der Waals surface area contributed by atoms with Crippen molar-refractivity contribution in [2.45, 2.75) is 77.6 Å². The second-order valence-corrected chi connectivity index (χ2v) is 7.26. The van der Waals surface area contributed by atoms with E-state index in [4.69, 9.17) is 0 Å². The molecule has 0 aliphatic carbocycles. The smallest absolute Gasteiger partial charge is 0.116 e. The molecule has 2 aromatic rings. The minimum atomic E-state index is 0.352. The van der Waals surface area contributed by atoms with Crippen LogP contribution in [0.1, 0.15) is 76.7 Å². The maximum Gasteiger partial charge on any atom is 0.116 e. The van der Waals surface area contributed by atoms with Crippen LogP contribution >= 0.6 is 0 Å². The van der Waals surface area contributed by atoms with Crippen LogP contribution < -0.4 is 5.32 Å². The van der Waals surface area contributed by atoms with Gasteiger partial charge in [0.2, 0.25) is 0 Å². The molecule has 0 fully saturated rings. The van der Waals surface area contributed by atoms with Crippen LogP contribution in [0.25, 0.3) is 0 Å². The molecule has 0 aromatic heterocycles. The second kappa shape index (κ2) is 12.4. The second-order valence-electron chi connectivity index (χ2n) is 7.26. The maximum atomic E-state index is 9.84. The van der Waals surface area contributed by atoms with E-state index in [2.05, 4.69) is 24.4 Å². The molecule has 0 heterocycles. The van der Waals surface area contributed by atoms with Crippen molar-refractivity contribution < 1.29 is 5.11 Å². The van der Waals surface area contributed by atoms with E-state index in [1.807, 2.05) is 30.3 Å². The molecule has 2 heteroatoms. The number of unbranched alkanes of at least 4 members (excludes halogenated alkanes) is 9. The number of hydrogen-bond acceptors (Lipinski definition) is 2. The van der Waals surface area contributed by atoms with Crippen LogP contribution in [0.4, 0.5) is 11.4 Å². The number of aromatic hydroxyl groups is 1. The van der Waals surface area contributed by atoms with Crippen LogP contribution in [0.3, 0.4) is 0 Å². The zero-order valence-corrected chi connectivity index (χ0v) is 16.3. The maximum absolute atomic E-state index is 9.84. The lowest BCUT2D eigenvalue weighted by Crippen LogP contribution is -1.96. The highest BCUT2D eigenvalue weighted by molar-refractivity contribution is 5.64. The summed E-state index contributed by atoms with van der Waals surface area (Å²) in [4.78, 5) is 0. The predicted octanol–water partition coefficient (Wildman–Crippen LogP) is 7.60. The van der Waals surface area contributed by atoms with Crippen molar-refractivity contribution in [1.82, 2.24) is 0 Å². The fraction of sp³-hybridized carbons (Fsp3) is 0.500. The van der Waals surface area contributed by atoms with Gasteiger partial charge in [0.05, 0.1) is 0 Å². The standard InChI is InChI=1S/C24H35NO/c1-2-3-4-5-6-7-8-9-10-12-15-21-20-23(26)18-19-24(21)25-22-16-13-11-14-17-22/h11,13-14,16-20,25-26H,2-10,12,15H2,1H3. The number of hydrogen-bond donors (Lipinski definition) is 2. The zero-order chi connectivity index (χ0) is 18.5. The number of rotatable bonds is 13. The van der Waals surface area contributed by atoms with Gasteiger partial charge in [0.25, 0.3) is 0 Å². The van der Waals surface area contributed by atoms with E-state index in [0.29, 0.717) is 5.75 Å². The Morgan fingerprint density at radius 2 is 1.35 bits per heavy atom. The van der Waals surface area contributed by atoms with E-state index < -0.39 is 0 Å². The number of phenolic OH excluding ortho intramolecular Hbond substituents is 1. The largest absolute Gasteiger partial charge is 0.508 e. The third-order valence-corrected chi connectivity index (χ3v) is 4.94. The Morgan fingerprint density at radius 1 is 0.731 bits per heavy atom. The third kappa shape index (κ3) is 7.95. The fourth-order valence-corrected chi connectivity index (χ4v) is 3.39. The molecular weight excluding hydrogens is 318 g/mol. The molecule has 2 N–H and O–H groups in total. The molecule has 0 unspecified atom stereocenters. The molecule has 0 radical (unpaired) electrons. The summed E-state index contributed by atoms with van der Waals surface area (Å²) in [6.45, 7) is 2.27. The van der Waals surface area contributed by atoms with Gasteiger partial charge in [-0.05, 0) is 48.7 Å². The Labute approximate surface area is 159 Å². The quantitative estimate of drug-likeness (QED) is 0.287. The number of para-hydroxylation sites is 1. The van der Waals surface area contributed by atoms with Crippen LogP contribution in [0, 0.1) is 0 Å². The first-order valence-electron chi connectivity index (χ1n) is 10.4. The van der Waals surface area contributed by atoms with E-state index in [0.717, 1.165) is 17.8 Å². The van der Waals surface area contributed by atoms with Crippen molar-refractivity contribution in [2.24, 2.45) is 0 Å². The fourth-order valence-electron chi connectivity index (χ4n) is 3.39. The van der Waals surface area contributed by atoms with Gasteiger partial charge in [0.1, 0.15) is 5.75 Å². The monoisotopic (exact) mass is 353 g/mol. The molecule has 0 bridgehead atoms. The molecule has 0 saturated heterocycles. The molecule has 0 saturated carbocycles. The summed E-state index contributed by atoms with van der Waals surface area (Å²) in [6, 6.07) is 15.9. The number of nitrogens with one attached hydrogen (secondary N) is 1. The van der Waals surface area contributed by atoms with Gasteiger partial charge in [0.15, 0.2) is 0 Å². The lowest BCUT2D eigenvalue weighted by molar-refractivity contribution is 0.474. The summed E-state index contributed by atoms with van der Waals surface area (Å²) < 4.78 is 0. The normalized spacial score (nSPS) is 10.8. The van der Waals surface area contributed by atoms with E-state index >= 15 is 0 Å². The van der Waals surface area contributed by atoms with Crippen molar-refractivity contribution >= 4 is 11.4 Å². The lowest BCUT2D eigenvalue weighted by Gasteiger charge is -2.13. The summed E-state index contributed by atoms with van der Waals surface area (Å²) in [5.74, 6) is 0.352. The van der Waals surface area contributed by atoms with Crippen molar-refractivity contribution in [3.05, 3.63) is 54.1 Å². The number of benzene rings is 2. The Morgan fingerprint density at radius 3 is 2.00 bits per heavy atom. The van der Waals surface area contributed by atoms with Crippen molar-refractivity contribution in [1.29, 1.82) is 0 Å².